The summed E-state index contributed by atoms with van der Waals surface area (Å²) in [4.78, 5) is 43.8. The van der Waals surface area contributed by atoms with Gasteiger partial charge in [0, 0.05) is 63.2 Å². The van der Waals surface area contributed by atoms with Gasteiger partial charge in [0.1, 0.15) is 11.9 Å². The minimum Gasteiger partial charge on any atom is -0.506 e. The van der Waals surface area contributed by atoms with E-state index >= 15 is 0 Å². The standard InChI is InChI=1S/C38H47N5O6/c1-42(36(47)14-6-3-9-21-39-26-34(45)30-15-17-33(44)37-31(30)16-18-35(46)41-37)24-25-43-22-19-28(20-23-43)49-38(48)40-32-13-8-7-12-29(32)27-10-4-2-5-11-27/h2,4-5,7-8,10-13,15-18,28,34,39,44-45H,3,6,9,14,19-26H2,1H3,(H,40,48)(H,41,46). The molecule has 1 atom stereocenters. The predicted molar refractivity (Wildman–Crippen MR) is 192 cm³/mol. The number of aromatic nitrogens is 1. The van der Waals surface area contributed by atoms with Crippen molar-refractivity contribution in [3.8, 4) is 16.9 Å². The molecule has 0 spiro atoms. The summed E-state index contributed by atoms with van der Waals surface area (Å²) < 4.78 is 5.76. The molecule has 49 heavy (non-hydrogen) atoms. The molecule has 1 aliphatic heterocycles. The third kappa shape index (κ3) is 10.1. The number of anilines is 1. The molecular weight excluding hydrogens is 622 g/mol. The molecule has 260 valence electrons. The van der Waals surface area contributed by atoms with Crippen molar-refractivity contribution in [3.05, 3.63) is 94.8 Å². The number of aliphatic hydroxyl groups is 1. The Kier molecular flexibility index (Phi) is 12.8. The number of aliphatic hydroxyl groups excluding tert-OH is 1. The molecule has 2 heterocycles. The van der Waals surface area contributed by atoms with E-state index in [2.05, 4.69) is 20.5 Å². The zero-order valence-electron chi connectivity index (χ0n) is 28.1. The van der Waals surface area contributed by atoms with Crippen LogP contribution in [0.15, 0.2) is 83.7 Å². The van der Waals surface area contributed by atoms with Gasteiger partial charge in [-0.25, -0.2) is 4.79 Å². The number of carbonyl (C=O) groups is 2. The summed E-state index contributed by atoms with van der Waals surface area (Å²) in [6, 6.07) is 23.7. The van der Waals surface area contributed by atoms with Crippen LogP contribution >= 0.6 is 0 Å². The maximum absolute atomic E-state index is 12.7. The van der Waals surface area contributed by atoms with Crippen molar-refractivity contribution < 1.29 is 24.5 Å². The molecule has 0 radical (unpaired) electrons. The van der Waals surface area contributed by atoms with E-state index in [1.165, 1.54) is 12.1 Å². The molecule has 1 unspecified atom stereocenters. The number of pyridine rings is 1. The zero-order chi connectivity index (χ0) is 34.6. The number of likely N-dealkylation sites (tertiary alicyclic amines) is 1. The van der Waals surface area contributed by atoms with Crippen LogP contribution in [-0.2, 0) is 9.53 Å². The number of aromatic hydroxyl groups is 1. The monoisotopic (exact) mass is 669 g/mol. The number of unbranched alkanes of at least 4 members (excludes halogenated alkanes) is 2. The number of hydrogen-bond donors (Lipinski definition) is 5. The van der Waals surface area contributed by atoms with E-state index < -0.39 is 12.2 Å². The second-order valence-electron chi connectivity index (χ2n) is 12.6. The van der Waals surface area contributed by atoms with Crippen LogP contribution in [0.5, 0.6) is 5.75 Å². The first kappa shape index (κ1) is 35.6. The maximum atomic E-state index is 12.7. The van der Waals surface area contributed by atoms with Gasteiger partial charge in [-0.2, -0.15) is 0 Å². The molecule has 4 aromatic rings. The van der Waals surface area contributed by atoms with Crippen molar-refractivity contribution >= 4 is 28.6 Å². The average Bonchev–Trinajstić information content (AvgIpc) is 3.11. The highest BCUT2D eigenvalue weighted by atomic mass is 16.6. The summed E-state index contributed by atoms with van der Waals surface area (Å²) in [7, 11) is 1.85. The first-order valence-electron chi connectivity index (χ1n) is 17.1. The van der Waals surface area contributed by atoms with E-state index in [4.69, 9.17) is 4.74 Å². The van der Waals surface area contributed by atoms with Gasteiger partial charge in [0.15, 0.2) is 0 Å². The molecule has 11 nitrogen and oxygen atoms in total. The number of phenolic OH excluding ortho intramolecular Hbond substituents is 1. The van der Waals surface area contributed by atoms with Crippen molar-refractivity contribution in [2.45, 2.75) is 50.7 Å². The minimum atomic E-state index is -0.796. The molecule has 1 saturated heterocycles. The molecule has 2 amide bonds. The molecular formula is C38H47N5O6. The molecule has 1 aliphatic rings. The molecule has 0 aliphatic carbocycles. The highest BCUT2D eigenvalue weighted by Crippen LogP contribution is 2.29. The predicted octanol–water partition coefficient (Wildman–Crippen LogP) is 5.26. The van der Waals surface area contributed by atoms with Crippen LogP contribution in [0.1, 0.15) is 50.2 Å². The summed E-state index contributed by atoms with van der Waals surface area (Å²) in [5.41, 5.74) is 3.32. The Morgan fingerprint density at radius 3 is 2.53 bits per heavy atom. The number of nitrogens with zero attached hydrogens (tertiary/aromatic N) is 2. The van der Waals surface area contributed by atoms with Crippen LogP contribution in [0.2, 0.25) is 0 Å². The molecule has 0 bridgehead atoms. The van der Waals surface area contributed by atoms with Crippen molar-refractivity contribution in [2.75, 3.05) is 51.6 Å². The Morgan fingerprint density at radius 1 is 0.980 bits per heavy atom. The number of fused-ring (bicyclic) bond motifs is 1. The second-order valence-corrected chi connectivity index (χ2v) is 12.6. The number of ether oxygens (including phenoxy) is 1. The van der Waals surface area contributed by atoms with Gasteiger partial charge < -0.3 is 35.1 Å². The molecule has 3 aromatic carbocycles. The number of piperidine rings is 1. The number of benzene rings is 3. The van der Waals surface area contributed by atoms with Crippen molar-refractivity contribution in [3.63, 3.8) is 0 Å². The number of amides is 2. The summed E-state index contributed by atoms with van der Waals surface area (Å²) in [5, 5.41) is 27.5. The lowest BCUT2D eigenvalue weighted by atomic mass is 10.0. The van der Waals surface area contributed by atoms with Gasteiger partial charge >= 0.3 is 6.09 Å². The largest absolute Gasteiger partial charge is 0.506 e. The van der Waals surface area contributed by atoms with Crippen molar-refractivity contribution in [2.24, 2.45) is 0 Å². The van der Waals surface area contributed by atoms with Crippen LogP contribution < -0.4 is 16.2 Å². The smallest absolute Gasteiger partial charge is 0.411 e. The first-order chi connectivity index (χ1) is 23.8. The summed E-state index contributed by atoms with van der Waals surface area (Å²) >= 11 is 0. The number of rotatable bonds is 15. The fourth-order valence-corrected chi connectivity index (χ4v) is 6.21. The van der Waals surface area contributed by atoms with Crippen LogP contribution in [0, 0.1) is 0 Å². The molecule has 5 N–H and O–H groups in total. The van der Waals surface area contributed by atoms with Gasteiger partial charge in [0.2, 0.25) is 11.5 Å². The number of phenols is 1. The number of nitrogens with one attached hydrogen (secondary N) is 3. The van der Waals surface area contributed by atoms with E-state index in [-0.39, 0.29) is 23.3 Å². The Bertz CT molecular complexity index is 1740. The number of likely N-dealkylation sites (N-methyl/N-ethyl adjacent to an activating group) is 1. The zero-order valence-corrected chi connectivity index (χ0v) is 28.1. The topological polar surface area (TPSA) is 147 Å². The number of carbonyl (C=O) groups excluding carboxylic acids is 2. The van der Waals surface area contributed by atoms with Gasteiger partial charge in [-0.1, -0.05) is 61.0 Å². The van der Waals surface area contributed by atoms with E-state index in [1.807, 2.05) is 61.6 Å². The summed E-state index contributed by atoms with van der Waals surface area (Å²) in [6.45, 7) is 4.09. The minimum absolute atomic E-state index is 0.0350. The number of H-pyrrole nitrogens is 1. The van der Waals surface area contributed by atoms with Crippen LogP contribution in [-0.4, -0.2) is 89.4 Å². The SMILES string of the molecule is CN(CCN1CCC(OC(=O)Nc2ccccc2-c2ccccc2)CC1)C(=O)CCCCCNCC(O)c1ccc(O)c2[nH]c(=O)ccc12. The molecule has 5 rings (SSSR count). The fraction of sp³-hybridized carbons (Fsp3) is 0.395. The van der Waals surface area contributed by atoms with E-state index in [0.717, 1.165) is 68.6 Å². The maximum Gasteiger partial charge on any atom is 0.411 e. The van der Waals surface area contributed by atoms with Crippen LogP contribution in [0.4, 0.5) is 10.5 Å². The molecule has 11 heteroatoms. The van der Waals surface area contributed by atoms with E-state index in [0.29, 0.717) is 42.5 Å². The Labute approximate surface area is 286 Å². The van der Waals surface area contributed by atoms with Gasteiger partial charge in [0.05, 0.1) is 17.3 Å². The third-order valence-corrected chi connectivity index (χ3v) is 9.08. The Hall–Kier alpha value is -4.71. The summed E-state index contributed by atoms with van der Waals surface area (Å²) in [5.74, 6) is 0.0958. The quantitative estimate of drug-likeness (QED) is 0.108. The van der Waals surface area contributed by atoms with Crippen LogP contribution in [0.25, 0.3) is 22.0 Å². The molecule has 1 aromatic heterocycles. The van der Waals surface area contributed by atoms with Crippen molar-refractivity contribution in [1.82, 2.24) is 20.1 Å². The first-order valence-corrected chi connectivity index (χ1v) is 17.1. The average molecular weight is 670 g/mol. The lowest BCUT2D eigenvalue weighted by molar-refractivity contribution is -0.130. The number of hydrogen-bond acceptors (Lipinski definition) is 8. The lowest BCUT2D eigenvalue weighted by Gasteiger charge is -2.32. The second kappa shape index (κ2) is 17.6. The van der Waals surface area contributed by atoms with Gasteiger partial charge in [0.25, 0.3) is 0 Å². The lowest BCUT2D eigenvalue weighted by Crippen LogP contribution is -2.42. The fourth-order valence-electron chi connectivity index (χ4n) is 6.21. The highest BCUT2D eigenvalue weighted by molar-refractivity contribution is 5.91. The van der Waals surface area contributed by atoms with Crippen LogP contribution in [0.3, 0.4) is 0 Å². The summed E-state index contributed by atoms with van der Waals surface area (Å²) in [6.07, 6.45) is 3.19. The molecule has 1 fully saturated rings. The third-order valence-electron chi connectivity index (χ3n) is 9.08. The Balaban J connectivity index is 0.921. The molecule has 0 saturated carbocycles. The Morgan fingerprint density at radius 2 is 1.73 bits per heavy atom. The highest BCUT2D eigenvalue weighted by Gasteiger charge is 2.23. The van der Waals surface area contributed by atoms with Gasteiger partial charge in [-0.3, -0.25) is 14.9 Å². The van der Waals surface area contributed by atoms with Crippen molar-refractivity contribution in [1.29, 1.82) is 0 Å². The van der Waals surface area contributed by atoms with Gasteiger partial charge in [-0.05, 0) is 61.6 Å². The van der Waals surface area contributed by atoms with Gasteiger partial charge in [-0.15, -0.1) is 0 Å². The van der Waals surface area contributed by atoms with E-state index in [1.54, 1.807) is 17.0 Å². The van der Waals surface area contributed by atoms with E-state index in [9.17, 15) is 24.6 Å². The number of para-hydroxylation sites is 1. The normalized spacial score (nSPS) is 14.4. The number of aromatic amines is 1.